The van der Waals surface area contributed by atoms with E-state index in [1.165, 1.54) is 18.2 Å². The number of carbonyl (C=O) groups excluding carboxylic acids is 1. The van der Waals surface area contributed by atoms with Crippen molar-refractivity contribution < 1.29 is 13.9 Å². The third kappa shape index (κ3) is 4.63. The zero-order valence-electron chi connectivity index (χ0n) is 11.6. The molecule has 1 N–H and O–H groups in total. The Bertz CT molecular complexity index is 512. The van der Waals surface area contributed by atoms with E-state index < -0.39 is 11.7 Å². The molecule has 1 rings (SSSR count). The second-order valence-corrected chi connectivity index (χ2v) is 5.25. The van der Waals surface area contributed by atoms with Crippen molar-refractivity contribution in [3.8, 4) is 12.3 Å². The molecule has 0 aromatic heterocycles. The molecule has 1 amide bonds. The quantitative estimate of drug-likeness (QED) is 0.821. The lowest BCUT2D eigenvalue weighted by atomic mass is 10.0. The molecule has 1 aromatic rings. The summed E-state index contributed by atoms with van der Waals surface area (Å²) in [6, 6.07) is 4.26. The number of carbonyl (C=O) groups is 1. The van der Waals surface area contributed by atoms with Gasteiger partial charge in [-0.2, -0.15) is 0 Å². The van der Waals surface area contributed by atoms with Gasteiger partial charge in [0.15, 0.2) is 0 Å². The molecule has 0 aliphatic carbocycles. The number of hydrogen-bond acceptors (Lipinski definition) is 2. The van der Waals surface area contributed by atoms with Gasteiger partial charge in [-0.05, 0) is 45.9 Å². The molecule has 0 radical (unpaired) electrons. The van der Waals surface area contributed by atoms with Crippen LogP contribution in [0.1, 0.15) is 39.2 Å². The molecule has 0 spiro atoms. The molecule has 4 heteroatoms. The van der Waals surface area contributed by atoms with E-state index in [1.54, 1.807) is 27.7 Å². The summed E-state index contributed by atoms with van der Waals surface area (Å²) in [5.74, 6) is 1.71. The fourth-order valence-corrected chi connectivity index (χ4v) is 1.46. The van der Waals surface area contributed by atoms with Crippen LogP contribution < -0.4 is 5.32 Å². The van der Waals surface area contributed by atoms with Gasteiger partial charge in [0.25, 0.3) is 0 Å². The predicted octanol–water partition coefficient (Wildman–Crippen LogP) is 3.91. The summed E-state index contributed by atoms with van der Waals surface area (Å²) in [6.45, 7) is 7.02. The molecule has 0 fully saturated rings. The lowest BCUT2D eigenvalue weighted by Gasteiger charge is -2.20. The second kappa shape index (κ2) is 5.75. The second-order valence-electron chi connectivity index (χ2n) is 5.25. The number of nitrogens with one attached hydrogen (secondary N) is 1. The molecule has 102 valence electrons. The number of anilines is 1. The first-order valence-electron chi connectivity index (χ1n) is 5.98. The molecule has 0 heterocycles. The molecule has 1 atom stereocenters. The zero-order chi connectivity index (χ0) is 14.6. The van der Waals surface area contributed by atoms with Gasteiger partial charge in [0, 0.05) is 17.2 Å². The van der Waals surface area contributed by atoms with Gasteiger partial charge in [-0.3, -0.25) is 5.32 Å². The zero-order valence-corrected chi connectivity index (χ0v) is 11.6. The standard InChI is InChI=1S/C15H18FNO2/c1-6-10(2)12-9-11(7-8-13(12)16)17-14(18)19-15(3,4)5/h1,7-10H,2-5H3,(H,17,18). The van der Waals surface area contributed by atoms with Gasteiger partial charge in [-0.1, -0.05) is 5.92 Å². The van der Waals surface area contributed by atoms with Crippen molar-refractivity contribution in [3.05, 3.63) is 29.6 Å². The van der Waals surface area contributed by atoms with Gasteiger partial charge < -0.3 is 4.74 Å². The minimum atomic E-state index is -0.585. The van der Waals surface area contributed by atoms with Crippen LogP contribution in [0, 0.1) is 18.2 Å². The van der Waals surface area contributed by atoms with E-state index in [1.807, 2.05) is 0 Å². The van der Waals surface area contributed by atoms with Gasteiger partial charge in [0.05, 0.1) is 0 Å². The summed E-state index contributed by atoms with van der Waals surface area (Å²) >= 11 is 0. The van der Waals surface area contributed by atoms with Crippen molar-refractivity contribution >= 4 is 11.8 Å². The van der Waals surface area contributed by atoms with Crippen LogP contribution >= 0.6 is 0 Å². The fraction of sp³-hybridized carbons (Fsp3) is 0.400. The fourth-order valence-electron chi connectivity index (χ4n) is 1.46. The third-order valence-corrected chi connectivity index (χ3v) is 2.36. The Labute approximate surface area is 113 Å². The summed E-state index contributed by atoms with van der Waals surface area (Å²) in [7, 11) is 0. The molecule has 0 saturated heterocycles. The van der Waals surface area contributed by atoms with Crippen molar-refractivity contribution in [2.45, 2.75) is 39.2 Å². The van der Waals surface area contributed by atoms with Crippen LogP contribution in [0.4, 0.5) is 14.9 Å². The molecule has 0 aliphatic rings. The molecule has 1 aromatic carbocycles. The predicted molar refractivity (Wildman–Crippen MR) is 73.5 cm³/mol. The van der Waals surface area contributed by atoms with E-state index in [-0.39, 0.29) is 11.7 Å². The topological polar surface area (TPSA) is 38.3 Å². The van der Waals surface area contributed by atoms with Crippen LogP contribution in [0.25, 0.3) is 0 Å². The van der Waals surface area contributed by atoms with Gasteiger partial charge in [0.2, 0.25) is 0 Å². The largest absolute Gasteiger partial charge is 0.444 e. The van der Waals surface area contributed by atoms with E-state index in [0.717, 1.165) is 0 Å². The molecular weight excluding hydrogens is 245 g/mol. The van der Waals surface area contributed by atoms with Crippen LogP contribution in [0.3, 0.4) is 0 Å². The highest BCUT2D eigenvalue weighted by molar-refractivity contribution is 5.85. The lowest BCUT2D eigenvalue weighted by Crippen LogP contribution is -2.27. The van der Waals surface area contributed by atoms with Crippen LogP contribution in [0.15, 0.2) is 18.2 Å². The van der Waals surface area contributed by atoms with E-state index in [9.17, 15) is 9.18 Å². The number of ether oxygens (including phenoxy) is 1. The molecule has 0 aliphatic heterocycles. The highest BCUT2D eigenvalue weighted by Crippen LogP contribution is 2.22. The Morgan fingerprint density at radius 3 is 2.63 bits per heavy atom. The number of rotatable bonds is 2. The summed E-state index contributed by atoms with van der Waals surface area (Å²) in [5.41, 5.74) is 0.239. The Balaban J connectivity index is 2.86. The molecular formula is C15H18FNO2. The number of terminal acetylenes is 1. The SMILES string of the molecule is C#CC(C)c1cc(NC(=O)OC(C)(C)C)ccc1F. The third-order valence-electron chi connectivity index (χ3n) is 2.36. The molecule has 19 heavy (non-hydrogen) atoms. The summed E-state index contributed by atoms with van der Waals surface area (Å²) in [5, 5.41) is 2.55. The van der Waals surface area contributed by atoms with Crippen LogP contribution in [0.2, 0.25) is 0 Å². The molecule has 1 unspecified atom stereocenters. The van der Waals surface area contributed by atoms with Crippen molar-refractivity contribution in [1.82, 2.24) is 0 Å². The van der Waals surface area contributed by atoms with Crippen molar-refractivity contribution in [2.75, 3.05) is 5.32 Å². The molecule has 0 bridgehead atoms. The average molecular weight is 263 g/mol. The Kier molecular flexibility index (Phi) is 4.55. The van der Waals surface area contributed by atoms with Gasteiger partial charge in [-0.25, -0.2) is 9.18 Å². The maximum atomic E-state index is 13.6. The van der Waals surface area contributed by atoms with Crippen LogP contribution in [0.5, 0.6) is 0 Å². The van der Waals surface area contributed by atoms with E-state index in [2.05, 4.69) is 11.2 Å². The highest BCUT2D eigenvalue weighted by Gasteiger charge is 2.17. The first kappa shape index (κ1) is 15.0. The minimum Gasteiger partial charge on any atom is -0.444 e. The highest BCUT2D eigenvalue weighted by atomic mass is 19.1. The maximum Gasteiger partial charge on any atom is 0.412 e. The van der Waals surface area contributed by atoms with Gasteiger partial charge in [0.1, 0.15) is 11.4 Å². The maximum absolute atomic E-state index is 13.6. The van der Waals surface area contributed by atoms with Gasteiger partial charge in [-0.15, -0.1) is 6.42 Å². The lowest BCUT2D eigenvalue weighted by molar-refractivity contribution is 0.0636. The van der Waals surface area contributed by atoms with Crippen molar-refractivity contribution in [3.63, 3.8) is 0 Å². The Hall–Kier alpha value is -2.02. The number of benzene rings is 1. The van der Waals surface area contributed by atoms with E-state index in [0.29, 0.717) is 11.3 Å². The average Bonchev–Trinajstić information content (AvgIpc) is 2.28. The summed E-state index contributed by atoms with van der Waals surface area (Å²) in [4.78, 5) is 11.6. The van der Waals surface area contributed by atoms with Crippen LogP contribution in [-0.2, 0) is 4.74 Å². The smallest absolute Gasteiger partial charge is 0.412 e. The first-order valence-corrected chi connectivity index (χ1v) is 5.98. The van der Waals surface area contributed by atoms with E-state index >= 15 is 0 Å². The van der Waals surface area contributed by atoms with Crippen molar-refractivity contribution in [2.24, 2.45) is 0 Å². The number of halogens is 1. The van der Waals surface area contributed by atoms with Crippen LogP contribution in [-0.4, -0.2) is 11.7 Å². The summed E-state index contributed by atoms with van der Waals surface area (Å²) in [6.07, 6.45) is 4.69. The molecule has 3 nitrogen and oxygen atoms in total. The van der Waals surface area contributed by atoms with Gasteiger partial charge >= 0.3 is 6.09 Å². The van der Waals surface area contributed by atoms with Crippen molar-refractivity contribution in [1.29, 1.82) is 0 Å². The Morgan fingerprint density at radius 2 is 2.11 bits per heavy atom. The normalized spacial score (nSPS) is 12.4. The number of amides is 1. The number of hydrogen-bond donors (Lipinski definition) is 1. The molecule has 0 saturated carbocycles. The first-order chi connectivity index (χ1) is 8.73. The summed E-state index contributed by atoms with van der Waals surface area (Å²) < 4.78 is 18.7. The van der Waals surface area contributed by atoms with E-state index in [4.69, 9.17) is 11.2 Å². The monoisotopic (exact) mass is 263 g/mol. The minimum absolute atomic E-state index is 0.361. The Morgan fingerprint density at radius 1 is 1.47 bits per heavy atom.